The molecule has 0 saturated carbocycles. The van der Waals surface area contributed by atoms with E-state index in [1.807, 2.05) is 13.2 Å². The van der Waals surface area contributed by atoms with Gasteiger partial charge in [0.05, 0.1) is 19.4 Å². The van der Waals surface area contributed by atoms with Crippen LogP contribution in [0.15, 0.2) is 12.4 Å². The van der Waals surface area contributed by atoms with E-state index >= 15 is 0 Å². The Labute approximate surface area is 118 Å². The van der Waals surface area contributed by atoms with Gasteiger partial charge in [-0.3, -0.25) is 14.4 Å². The van der Waals surface area contributed by atoms with Gasteiger partial charge in [-0.2, -0.15) is 17.7 Å². The molecule has 0 bridgehead atoms. The normalized spacial score (nSPS) is 18.2. The summed E-state index contributed by atoms with van der Waals surface area (Å²) in [5.41, 5.74) is 0.918. The minimum absolute atomic E-state index is 0.00366. The molecular weight excluding hydrogens is 264 g/mol. The molecule has 1 unspecified atom stereocenters. The number of amides is 1. The molecule has 1 aliphatic rings. The second kappa shape index (κ2) is 6.93. The number of ether oxygens (including phenoxy) is 1. The first-order chi connectivity index (χ1) is 9.22. The number of rotatable bonds is 5. The second-order valence-electron chi connectivity index (χ2n) is 4.51. The quantitative estimate of drug-likeness (QED) is 0.738. The molecule has 6 nitrogen and oxygen atoms in total. The van der Waals surface area contributed by atoms with Crippen molar-refractivity contribution < 1.29 is 9.53 Å². The van der Waals surface area contributed by atoms with Gasteiger partial charge in [-0.05, 0) is 0 Å². The SMILES string of the molecule is Cn1cc(C(C(=O)NCCS)N2CCOCC2)cn1. The smallest absolute Gasteiger partial charge is 0.242 e. The molecule has 0 radical (unpaired) electrons. The average molecular weight is 284 g/mol. The van der Waals surface area contributed by atoms with E-state index in [9.17, 15) is 4.79 Å². The summed E-state index contributed by atoms with van der Waals surface area (Å²) in [4.78, 5) is 14.5. The number of thiol groups is 1. The van der Waals surface area contributed by atoms with Gasteiger partial charge in [0, 0.05) is 44.2 Å². The third-order valence-corrected chi connectivity index (χ3v) is 3.33. The van der Waals surface area contributed by atoms with Crippen molar-refractivity contribution in [1.82, 2.24) is 20.0 Å². The fourth-order valence-electron chi connectivity index (χ4n) is 2.22. The lowest BCUT2D eigenvalue weighted by atomic mass is 10.1. The van der Waals surface area contributed by atoms with Crippen LogP contribution in [0.2, 0.25) is 0 Å². The number of carbonyl (C=O) groups is 1. The Balaban J connectivity index is 2.14. The van der Waals surface area contributed by atoms with E-state index in [0.29, 0.717) is 25.5 Å². The van der Waals surface area contributed by atoms with Gasteiger partial charge in [0.15, 0.2) is 0 Å². The molecule has 0 aliphatic carbocycles. The van der Waals surface area contributed by atoms with Crippen LogP contribution in [0.1, 0.15) is 11.6 Å². The molecule has 1 atom stereocenters. The van der Waals surface area contributed by atoms with Gasteiger partial charge in [-0.1, -0.05) is 0 Å². The van der Waals surface area contributed by atoms with E-state index in [4.69, 9.17) is 4.74 Å². The highest BCUT2D eigenvalue weighted by atomic mass is 32.1. The van der Waals surface area contributed by atoms with Gasteiger partial charge in [0.2, 0.25) is 5.91 Å². The molecule has 1 saturated heterocycles. The molecule has 2 rings (SSSR count). The van der Waals surface area contributed by atoms with E-state index in [0.717, 1.165) is 18.7 Å². The van der Waals surface area contributed by atoms with Crippen LogP contribution in [0.25, 0.3) is 0 Å². The molecule has 2 heterocycles. The molecule has 1 fully saturated rings. The molecule has 1 N–H and O–H groups in total. The summed E-state index contributed by atoms with van der Waals surface area (Å²) >= 11 is 4.12. The third-order valence-electron chi connectivity index (χ3n) is 3.11. The minimum atomic E-state index is -0.294. The third kappa shape index (κ3) is 3.71. The summed E-state index contributed by atoms with van der Waals surface area (Å²) in [7, 11) is 1.85. The molecule has 1 amide bonds. The van der Waals surface area contributed by atoms with Crippen molar-refractivity contribution in [2.75, 3.05) is 38.6 Å². The van der Waals surface area contributed by atoms with E-state index in [2.05, 4.69) is 27.9 Å². The topological polar surface area (TPSA) is 59.4 Å². The summed E-state index contributed by atoms with van der Waals surface area (Å²) in [6, 6.07) is -0.294. The van der Waals surface area contributed by atoms with Crippen LogP contribution in [0.4, 0.5) is 0 Å². The Bertz CT molecular complexity index is 418. The van der Waals surface area contributed by atoms with E-state index < -0.39 is 0 Å². The minimum Gasteiger partial charge on any atom is -0.379 e. The molecular formula is C12H20N4O2S. The Morgan fingerprint density at radius 2 is 2.32 bits per heavy atom. The molecule has 1 aromatic heterocycles. The van der Waals surface area contributed by atoms with E-state index in [-0.39, 0.29) is 11.9 Å². The monoisotopic (exact) mass is 284 g/mol. The number of morpholine rings is 1. The summed E-state index contributed by atoms with van der Waals surface area (Å²) in [6.45, 7) is 3.41. The van der Waals surface area contributed by atoms with E-state index in [1.54, 1.807) is 10.9 Å². The Kier molecular flexibility index (Phi) is 5.24. The van der Waals surface area contributed by atoms with E-state index in [1.165, 1.54) is 0 Å². The predicted octanol–water partition coefficient (Wildman–Crippen LogP) is -0.161. The summed E-state index contributed by atoms with van der Waals surface area (Å²) in [5.74, 6) is 0.637. The highest BCUT2D eigenvalue weighted by molar-refractivity contribution is 7.80. The van der Waals surface area contributed by atoms with Crippen LogP contribution >= 0.6 is 12.6 Å². The number of aromatic nitrogens is 2. The number of nitrogens with one attached hydrogen (secondary N) is 1. The molecule has 7 heteroatoms. The molecule has 19 heavy (non-hydrogen) atoms. The van der Waals surface area contributed by atoms with Gasteiger partial charge in [0.1, 0.15) is 6.04 Å². The van der Waals surface area contributed by atoms with Crippen molar-refractivity contribution in [3.05, 3.63) is 18.0 Å². The van der Waals surface area contributed by atoms with Crippen molar-refractivity contribution in [2.45, 2.75) is 6.04 Å². The zero-order valence-corrected chi connectivity index (χ0v) is 12.0. The van der Waals surface area contributed by atoms with Gasteiger partial charge in [-0.25, -0.2) is 0 Å². The Hall–Kier alpha value is -1.05. The average Bonchev–Trinajstić information content (AvgIpc) is 2.84. The van der Waals surface area contributed by atoms with Crippen molar-refractivity contribution in [1.29, 1.82) is 0 Å². The van der Waals surface area contributed by atoms with Crippen LogP contribution in [0, 0.1) is 0 Å². The predicted molar refractivity (Wildman–Crippen MR) is 75.2 cm³/mol. The first-order valence-electron chi connectivity index (χ1n) is 6.41. The van der Waals surface area contributed by atoms with Crippen LogP contribution in [0.5, 0.6) is 0 Å². The van der Waals surface area contributed by atoms with Crippen LogP contribution in [-0.2, 0) is 16.6 Å². The standard InChI is InChI=1S/C12H20N4O2S/c1-15-9-10(8-14-15)11(12(17)13-2-7-19)16-3-5-18-6-4-16/h8-9,11,19H,2-7H2,1H3,(H,13,17). The highest BCUT2D eigenvalue weighted by Gasteiger charge is 2.29. The number of hydrogen-bond donors (Lipinski definition) is 2. The van der Waals surface area contributed by atoms with Crippen molar-refractivity contribution >= 4 is 18.5 Å². The lowest BCUT2D eigenvalue weighted by Crippen LogP contribution is -2.46. The molecule has 0 aromatic carbocycles. The van der Waals surface area contributed by atoms with Gasteiger partial charge in [0.25, 0.3) is 0 Å². The van der Waals surface area contributed by atoms with Crippen LogP contribution in [0.3, 0.4) is 0 Å². The maximum Gasteiger partial charge on any atom is 0.242 e. The second-order valence-corrected chi connectivity index (χ2v) is 4.96. The Morgan fingerprint density at radius 3 is 2.89 bits per heavy atom. The molecule has 1 aliphatic heterocycles. The van der Waals surface area contributed by atoms with Crippen LogP contribution in [-0.4, -0.2) is 59.2 Å². The molecule has 1 aromatic rings. The lowest BCUT2D eigenvalue weighted by molar-refractivity contribution is -0.128. The van der Waals surface area contributed by atoms with Crippen molar-refractivity contribution in [2.24, 2.45) is 7.05 Å². The number of aryl methyl sites for hydroxylation is 1. The fraction of sp³-hybridized carbons (Fsp3) is 0.667. The molecule has 106 valence electrons. The van der Waals surface area contributed by atoms with Crippen LogP contribution < -0.4 is 5.32 Å². The lowest BCUT2D eigenvalue weighted by Gasteiger charge is -2.33. The zero-order chi connectivity index (χ0) is 13.7. The number of nitrogens with zero attached hydrogens (tertiary/aromatic N) is 3. The van der Waals surface area contributed by atoms with Crippen molar-refractivity contribution in [3.8, 4) is 0 Å². The van der Waals surface area contributed by atoms with Gasteiger partial charge in [-0.15, -0.1) is 0 Å². The highest BCUT2D eigenvalue weighted by Crippen LogP contribution is 2.21. The largest absolute Gasteiger partial charge is 0.379 e. The maximum absolute atomic E-state index is 12.3. The number of carbonyl (C=O) groups excluding carboxylic acids is 1. The fourth-order valence-corrected chi connectivity index (χ4v) is 2.33. The van der Waals surface area contributed by atoms with Gasteiger partial charge < -0.3 is 10.1 Å². The zero-order valence-electron chi connectivity index (χ0n) is 11.1. The summed E-state index contributed by atoms with van der Waals surface area (Å²) in [6.07, 6.45) is 3.64. The van der Waals surface area contributed by atoms with Crippen molar-refractivity contribution in [3.63, 3.8) is 0 Å². The molecule has 0 spiro atoms. The summed E-state index contributed by atoms with van der Waals surface area (Å²) < 4.78 is 7.06. The maximum atomic E-state index is 12.3. The summed E-state index contributed by atoms with van der Waals surface area (Å²) in [5, 5.41) is 7.06. The number of hydrogen-bond acceptors (Lipinski definition) is 5. The first kappa shape index (κ1) is 14.4. The Morgan fingerprint density at radius 1 is 1.58 bits per heavy atom. The first-order valence-corrected chi connectivity index (χ1v) is 7.04. The van der Waals surface area contributed by atoms with Gasteiger partial charge >= 0.3 is 0 Å².